The summed E-state index contributed by atoms with van der Waals surface area (Å²) in [4.78, 5) is 38.2. The first-order chi connectivity index (χ1) is 64.1. The standard InChI is InChI=1S/2C33H42N8O3S.C32H39N7O4S/c1-20(2)44-29-16-23-15-25-28(19-41-13-11-40(6)12-14-41)38-39-31(25)24(23)17-27(29)36-33-34-18-22(5)32(37-33)35-26-9-7-8-10-30(26)45(42,43)21(3)4;1-19(2)44-29-15-22-14-25-28(18-41-12-10-23(34)11-13-41)39-40-31(25)24(22)16-27(29)37-33-35-17-21(5)32(38-33)36-26-8-6-7-9-30(26)45(42,43)20(3)4;1-19(2)43-28-15-22-14-24-27(18-39-10-12-42-13-11-39)37-38-30(24)23(22)16-26(28)35-32-33-17-21(5)31(36-32)34-25-8-6-7-9-29(25)44(40,41)20(3)4/h7-10,16-18,20-21H,11-15,19H2,1-6H3,(H,38,39)(H2,34,35,36,37);6-9,15-17,19-20,23H,10-14,18,34H2,1-5H3,(H,39,40)(H2,35,36,37,38);6-9,15-17,19-20H,10-14,18H2,1-5H3,(H,37,38)(H2,33,34,35,36). The predicted octanol–water partition coefficient (Wildman–Crippen LogP) is 16.1. The van der Waals surface area contributed by atoms with Crippen LogP contribution in [0.2, 0.25) is 0 Å². The van der Waals surface area contributed by atoms with E-state index in [1.807, 2.05) is 62.3 Å². The number of piperazine rings is 1. The minimum absolute atomic E-state index is 0.0360. The SMILES string of the molecule is Cc1cnc(Nc2cc3c(cc2OC(C)C)Cc2c-3n[nH]c2CN2CCC(N)CC2)nc1Nc1ccccc1S(=O)(=O)C(C)C.Cc1cnc(Nc2cc3c(cc2OC(C)C)Cc2c-3n[nH]c2CN2CCN(C)CC2)nc1Nc1ccccc1S(=O)(=O)C(C)C.Cc1cnc(Nc2cc3c(cc2OC(C)C)Cc2c-3n[nH]c2CN2CCOCC2)nc1Nc1ccccc1S(=O)(=O)C(C)C. The van der Waals surface area contributed by atoms with Crippen LogP contribution < -0.4 is 51.8 Å². The van der Waals surface area contributed by atoms with Gasteiger partial charge in [-0.15, -0.1) is 0 Å². The van der Waals surface area contributed by atoms with Crippen LogP contribution in [0.5, 0.6) is 17.2 Å². The number of hydrogen-bond donors (Lipinski definition) is 10. The van der Waals surface area contributed by atoms with Gasteiger partial charge in [0.25, 0.3) is 0 Å². The molecule has 12 aromatic rings. The van der Waals surface area contributed by atoms with E-state index in [1.54, 1.807) is 133 Å². The number of hydrogen-bond acceptors (Lipinski definition) is 30. The number of likely N-dealkylation sites (tertiary alicyclic amines) is 1. The first-order valence-electron chi connectivity index (χ1n) is 46.1. The molecule has 0 saturated carbocycles. The zero-order valence-corrected chi connectivity index (χ0v) is 81.5. The van der Waals surface area contributed by atoms with Crippen molar-refractivity contribution in [3.05, 3.63) is 195 Å². The summed E-state index contributed by atoms with van der Waals surface area (Å²) in [6.45, 7) is 39.8. The highest BCUT2D eigenvalue weighted by molar-refractivity contribution is 7.92. The van der Waals surface area contributed by atoms with Gasteiger partial charge in [-0.1, -0.05) is 36.4 Å². The van der Waals surface area contributed by atoms with Crippen LogP contribution in [0.4, 0.5) is 69.4 Å². The molecule has 708 valence electrons. The fourth-order valence-corrected chi connectivity index (χ4v) is 20.7. The topological polar surface area (TPSA) is 414 Å². The third-order valence-corrected chi connectivity index (χ3v) is 31.4. The number of H-pyrrole nitrogens is 3. The number of benzene rings is 6. The summed E-state index contributed by atoms with van der Waals surface area (Å²) in [5.74, 6) is 4.70. The van der Waals surface area contributed by atoms with E-state index in [2.05, 4.69) is 125 Å². The lowest BCUT2D eigenvalue weighted by atomic mass is 10.1. The summed E-state index contributed by atoms with van der Waals surface area (Å²) in [5.41, 5.74) is 28.7. The van der Waals surface area contributed by atoms with Gasteiger partial charge in [0, 0.05) is 166 Å². The average molecular weight is 1880 g/mol. The summed E-state index contributed by atoms with van der Waals surface area (Å²) in [6.07, 6.45) is 9.40. The number of aromatic nitrogens is 12. The van der Waals surface area contributed by atoms with Crippen molar-refractivity contribution >= 4 is 98.9 Å². The molecule has 6 aliphatic rings. The Bertz CT molecular complexity index is 6390. The summed E-state index contributed by atoms with van der Waals surface area (Å²) >= 11 is 0. The van der Waals surface area contributed by atoms with Gasteiger partial charge < -0.3 is 61.5 Å². The molecule has 18 rings (SSSR count). The highest BCUT2D eigenvalue weighted by Crippen LogP contribution is 2.48. The molecule has 3 aliphatic heterocycles. The van der Waals surface area contributed by atoms with E-state index in [4.69, 9.17) is 54.9 Å². The zero-order chi connectivity index (χ0) is 94.8. The second-order valence-corrected chi connectivity index (χ2v) is 44.3. The number of nitrogens with two attached hydrogens (primary N) is 1. The van der Waals surface area contributed by atoms with Crippen LogP contribution >= 0.6 is 0 Å². The molecule has 6 aromatic carbocycles. The molecular weight excluding hydrogens is 1760 g/mol. The van der Waals surface area contributed by atoms with E-state index in [1.165, 1.54) is 33.5 Å². The van der Waals surface area contributed by atoms with Crippen LogP contribution in [-0.4, -0.2) is 218 Å². The molecule has 9 heterocycles. The van der Waals surface area contributed by atoms with Gasteiger partial charge in [0.05, 0.1) is 130 Å². The number of ether oxygens (including phenoxy) is 4. The molecule has 0 unspecified atom stereocenters. The van der Waals surface area contributed by atoms with E-state index in [-0.39, 0.29) is 33.0 Å². The molecule has 0 bridgehead atoms. The van der Waals surface area contributed by atoms with Crippen molar-refractivity contribution in [3.8, 4) is 51.0 Å². The van der Waals surface area contributed by atoms with E-state index >= 15 is 0 Å². The van der Waals surface area contributed by atoms with Crippen molar-refractivity contribution in [1.29, 1.82) is 0 Å². The molecule has 3 fully saturated rings. The van der Waals surface area contributed by atoms with Gasteiger partial charge in [-0.05, 0) is 213 Å². The predicted molar refractivity (Wildman–Crippen MR) is 525 cm³/mol. The summed E-state index contributed by atoms with van der Waals surface area (Å²) in [6, 6.07) is 33.4. The Kier molecular flexibility index (Phi) is 28.6. The monoisotopic (exact) mass is 1880 g/mol. The Morgan fingerprint density at radius 2 is 0.701 bits per heavy atom. The minimum Gasteiger partial charge on any atom is -0.489 e. The highest BCUT2D eigenvalue weighted by atomic mass is 32.2. The minimum atomic E-state index is -3.51. The molecule has 3 aliphatic carbocycles. The van der Waals surface area contributed by atoms with Crippen LogP contribution in [0.15, 0.2) is 142 Å². The van der Waals surface area contributed by atoms with Crippen LogP contribution in [0.1, 0.15) is 163 Å². The Balaban J connectivity index is 0.000000146. The normalized spacial score (nSPS) is 15.2. The van der Waals surface area contributed by atoms with Crippen molar-refractivity contribution in [3.63, 3.8) is 0 Å². The molecule has 11 N–H and O–H groups in total. The maximum Gasteiger partial charge on any atom is 0.229 e. The number of sulfone groups is 3. The van der Waals surface area contributed by atoms with Gasteiger partial charge >= 0.3 is 0 Å². The average Bonchev–Trinajstić information content (AvgIpc) is 1.61. The number of aryl methyl sites for hydroxylation is 3. The van der Waals surface area contributed by atoms with Gasteiger partial charge in [0.2, 0.25) is 17.8 Å². The molecule has 0 atom stereocenters. The fraction of sp³-hybridized carbons (Fsp3) is 0.418. The van der Waals surface area contributed by atoms with E-state index in [9.17, 15) is 25.3 Å². The van der Waals surface area contributed by atoms with Gasteiger partial charge in [0.15, 0.2) is 29.5 Å². The number of aromatic amines is 3. The van der Waals surface area contributed by atoms with Crippen molar-refractivity contribution in [2.45, 2.75) is 210 Å². The Morgan fingerprint density at radius 1 is 0.403 bits per heavy atom. The quantitative estimate of drug-likeness (QED) is 0.0200. The molecule has 0 radical (unpaired) electrons. The fourth-order valence-electron chi connectivity index (χ4n) is 17.1. The summed E-state index contributed by atoms with van der Waals surface area (Å²) < 4.78 is 103. The molecular formula is C98H123N23O10S3. The van der Waals surface area contributed by atoms with Gasteiger partial charge in [-0.2, -0.15) is 30.2 Å². The van der Waals surface area contributed by atoms with Crippen molar-refractivity contribution < 1.29 is 44.2 Å². The lowest BCUT2D eigenvalue weighted by Gasteiger charge is -2.32. The second kappa shape index (κ2) is 40.3. The smallest absolute Gasteiger partial charge is 0.229 e. The summed E-state index contributed by atoms with van der Waals surface area (Å²) in [7, 11) is -8.36. The third kappa shape index (κ3) is 21.2. The molecule has 36 heteroatoms. The molecule has 33 nitrogen and oxygen atoms in total. The van der Waals surface area contributed by atoms with Crippen molar-refractivity contribution in [2.75, 3.05) is 105 Å². The van der Waals surface area contributed by atoms with Crippen molar-refractivity contribution in [2.24, 2.45) is 5.73 Å². The van der Waals surface area contributed by atoms with Crippen molar-refractivity contribution in [1.82, 2.24) is 80.1 Å². The van der Waals surface area contributed by atoms with Crippen LogP contribution in [-0.2, 0) is 73.1 Å². The Hall–Kier alpha value is -12.0. The number of piperidine rings is 1. The van der Waals surface area contributed by atoms with Gasteiger partial charge in [0.1, 0.15) is 34.7 Å². The number of para-hydroxylation sites is 3. The lowest BCUT2D eigenvalue weighted by molar-refractivity contribution is 0.0335. The second-order valence-electron chi connectivity index (χ2n) is 36.9. The number of nitrogens with one attached hydrogen (secondary N) is 9. The number of rotatable bonds is 30. The molecule has 0 spiro atoms. The number of nitrogens with zero attached hydrogens (tertiary/aromatic N) is 13. The molecule has 6 aromatic heterocycles. The number of morpholine rings is 1. The lowest BCUT2D eigenvalue weighted by Crippen LogP contribution is -2.44. The van der Waals surface area contributed by atoms with Crippen LogP contribution in [0.25, 0.3) is 33.8 Å². The number of anilines is 12. The van der Waals surface area contributed by atoms with Crippen LogP contribution in [0.3, 0.4) is 0 Å². The molecule has 3 saturated heterocycles. The number of likely N-dealkylation sites (N-methyl/N-ethyl adjacent to an activating group) is 1. The van der Waals surface area contributed by atoms with Gasteiger partial charge in [-0.25, -0.2) is 40.2 Å². The summed E-state index contributed by atoms with van der Waals surface area (Å²) in [5, 5.41) is 42.3. The first-order valence-corrected chi connectivity index (χ1v) is 50.7. The van der Waals surface area contributed by atoms with E-state index in [0.717, 1.165) is 202 Å². The van der Waals surface area contributed by atoms with E-state index in [0.29, 0.717) is 75.7 Å². The third-order valence-electron chi connectivity index (χ3n) is 24.8. The number of fused-ring (bicyclic) bond motifs is 9. The maximum atomic E-state index is 13.0. The zero-order valence-electron chi connectivity index (χ0n) is 79.1. The van der Waals surface area contributed by atoms with Crippen LogP contribution in [0, 0.1) is 20.8 Å². The largest absolute Gasteiger partial charge is 0.489 e. The highest BCUT2D eigenvalue weighted by Gasteiger charge is 2.35. The Morgan fingerprint density at radius 3 is 1.01 bits per heavy atom. The maximum absolute atomic E-state index is 13.0. The van der Waals surface area contributed by atoms with E-state index < -0.39 is 45.3 Å². The van der Waals surface area contributed by atoms with Gasteiger partial charge in [-0.3, -0.25) is 30.0 Å². The Labute approximate surface area is 785 Å². The first kappa shape index (κ1) is 95.2. The molecule has 134 heavy (non-hydrogen) atoms. The molecule has 0 amide bonds.